The molecule has 0 atom stereocenters. The van der Waals surface area contributed by atoms with E-state index in [1.54, 1.807) is 13.0 Å². The van der Waals surface area contributed by atoms with Crippen LogP contribution in [0.15, 0.2) is 24.8 Å². The topological polar surface area (TPSA) is 74.6 Å². The zero-order chi connectivity index (χ0) is 15.8. The smallest absolute Gasteiger partial charge is 0.335 e. The lowest BCUT2D eigenvalue weighted by atomic mass is 9.94. The van der Waals surface area contributed by atoms with Crippen molar-refractivity contribution >= 4 is 11.9 Å². The van der Waals surface area contributed by atoms with Gasteiger partial charge in [0.2, 0.25) is 0 Å². The lowest BCUT2D eigenvalue weighted by Gasteiger charge is -2.10. The first kappa shape index (κ1) is 17.0. The molecule has 114 valence electrons. The molecule has 0 amide bonds. The number of hydrogen-bond donors (Lipinski definition) is 2. The van der Waals surface area contributed by atoms with Crippen molar-refractivity contribution in [1.82, 2.24) is 0 Å². The van der Waals surface area contributed by atoms with E-state index in [1.165, 1.54) is 6.07 Å². The highest BCUT2D eigenvalue weighted by molar-refractivity contribution is 5.95. The second kappa shape index (κ2) is 8.25. The molecule has 0 aromatic heterocycles. The lowest BCUT2D eigenvalue weighted by Crippen LogP contribution is -2.08. The molecule has 0 aliphatic heterocycles. The Labute approximate surface area is 125 Å². The van der Waals surface area contributed by atoms with Crippen molar-refractivity contribution in [2.24, 2.45) is 0 Å². The Morgan fingerprint density at radius 3 is 2.33 bits per heavy atom. The summed E-state index contributed by atoms with van der Waals surface area (Å²) in [5.41, 5.74) is 1.60. The monoisotopic (exact) mass is 290 g/mol. The zero-order valence-corrected chi connectivity index (χ0v) is 12.4. The number of carboxylic acids is 2. The molecule has 0 saturated heterocycles. The van der Waals surface area contributed by atoms with Gasteiger partial charge in [0, 0.05) is 0 Å². The summed E-state index contributed by atoms with van der Waals surface area (Å²) in [6.07, 6.45) is 7.82. The molecular formula is C17H22O4. The fraction of sp³-hybridized carbons (Fsp3) is 0.412. The molecule has 2 N–H and O–H groups in total. The van der Waals surface area contributed by atoms with Gasteiger partial charge in [-0.05, 0) is 55.9 Å². The van der Waals surface area contributed by atoms with Crippen molar-refractivity contribution in [3.63, 3.8) is 0 Å². The number of allylic oxidation sites excluding steroid dienone is 1. The summed E-state index contributed by atoms with van der Waals surface area (Å²) >= 11 is 0. The maximum absolute atomic E-state index is 11.2. The minimum atomic E-state index is -1.09. The first-order chi connectivity index (χ1) is 9.97. The van der Waals surface area contributed by atoms with Crippen LogP contribution < -0.4 is 0 Å². The molecule has 0 spiro atoms. The maximum atomic E-state index is 11.2. The van der Waals surface area contributed by atoms with Crippen molar-refractivity contribution in [3.05, 3.63) is 47.0 Å². The fourth-order valence-electron chi connectivity index (χ4n) is 2.34. The Morgan fingerprint density at radius 1 is 1.10 bits per heavy atom. The van der Waals surface area contributed by atoms with Crippen molar-refractivity contribution in [1.29, 1.82) is 0 Å². The summed E-state index contributed by atoms with van der Waals surface area (Å²) in [7, 11) is 0. The molecule has 4 nitrogen and oxygen atoms in total. The second-order valence-corrected chi connectivity index (χ2v) is 5.16. The Kier molecular flexibility index (Phi) is 6.66. The second-order valence-electron chi connectivity index (χ2n) is 5.16. The van der Waals surface area contributed by atoms with Crippen LogP contribution >= 0.6 is 0 Å². The summed E-state index contributed by atoms with van der Waals surface area (Å²) in [5.74, 6) is -2.17. The number of carboxylic acid groups (broad SMARTS) is 2. The standard InChI is InChI=1S/C17H22O4/c1-3-4-5-6-7-8-9-13-10-14(16(18)19)11-15(12(13)2)17(20)21/h3,10-11H,1,4-9H2,2H3,(H,18,19)(H,20,21). The average Bonchev–Trinajstić information content (AvgIpc) is 2.43. The molecule has 1 aromatic carbocycles. The fourth-order valence-corrected chi connectivity index (χ4v) is 2.34. The molecule has 0 aliphatic carbocycles. The molecule has 0 bridgehead atoms. The highest BCUT2D eigenvalue weighted by atomic mass is 16.4. The van der Waals surface area contributed by atoms with Crippen LogP contribution in [-0.4, -0.2) is 22.2 Å². The van der Waals surface area contributed by atoms with Gasteiger partial charge in [-0.25, -0.2) is 9.59 Å². The number of carbonyl (C=O) groups is 2. The van der Waals surface area contributed by atoms with Gasteiger partial charge in [0.25, 0.3) is 0 Å². The molecule has 0 unspecified atom stereocenters. The summed E-state index contributed by atoms with van der Waals surface area (Å²) < 4.78 is 0. The molecule has 1 rings (SSSR count). The third-order valence-corrected chi connectivity index (χ3v) is 3.60. The molecule has 0 aliphatic rings. The summed E-state index contributed by atoms with van der Waals surface area (Å²) in [6.45, 7) is 5.42. The molecule has 0 heterocycles. The van der Waals surface area contributed by atoms with Gasteiger partial charge >= 0.3 is 11.9 Å². The van der Waals surface area contributed by atoms with Crippen LogP contribution in [0.4, 0.5) is 0 Å². The predicted octanol–water partition coefficient (Wildman–Crippen LogP) is 4.07. The first-order valence-electron chi connectivity index (χ1n) is 7.18. The molecule has 1 aromatic rings. The van der Waals surface area contributed by atoms with Gasteiger partial charge in [0.1, 0.15) is 0 Å². The molecule has 0 saturated carbocycles. The third-order valence-electron chi connectivity index (χ3n) is 3.60. The van der Waals surface area contributed by atoms with E-state index in [0.717, 1.165) is 37.7 Å². The van der Waals surface area contributed by atoms with E-state index in [-0.39, 0.29) is 11.1 Å². The summed E-state index contributed by atoms with van der Waals surface area (Å²) in [4.78, 5) is 22.3. The largest absolute Gasteiger partial charge is 0.478 e. The Morgan fingerprint density at radius 2 is 1.76 bits per heavy atom. The van der Waals surface area contributed by atoms with Crippen LogP contribution in [-0.2, 0) is 6.42 Å². The number of aromatic carboxylic acids is 2. The van der Waals surface area contributed by atoms with Crippen molar-refractivity contribution in [2.45, 2.75) is 45.4 Å². The van der Waals surface area contributed by atoms with Gasteiger partial charge in [-0.15, -0.1) is 6.58 Å². The Balaban J connectivity index is 2.78. The maximum Gasteiger partial charge on any atom is 0.335 e. The molecule has 0 fully saturated rings. The minimum absolute atomic E-state index is 0.0413. The summed E-state index contributed by atoms with van der Waals surface area (Å²) in [6, 6.07) is 2.82. The first-order valence-corrected chi connectivity index (χ1v) is 7.18. The average molecular weight is 290 g/mol. The molecule has 4 heteroatoms. The number of hydrogen-bond acceptors (Lipinski definition) is 2. The normalized spacial score (nSPS) is 10.3. The van der Waals surface area contributed by atoms with Gasteiger partial charge in [0.05, 0.1) is 11.1 Å². The number of aryl methyl sites for hydroxylation is 1. The van der Waals surface area contributed by atoms with Crippen molar-refractivity contribution < 1.29 is 19.8 Å². The van der Waals surface area contributed by atoms with E-state index in [9.17, 15) is 9.59 Å². The minimum Gasteiger partial charge on any atom is -0.478 e. The Bertz CT molecular complexity index is 532. The van der Waals surface area contributed by atoms with Crippen molar-refractivity contribution in [3.8, 4) is 0 Å². The van der Waals surface area contributed by atoms with Crippen LogP contribution in [0.5, 0.6) is 0 Å². The van der Waals surface area contributed by atoms with Gasteiger partial charge in [0.15, 0.2) is 0 Å². The van der Waals surface area contributed by atoms with Gasteiger partial charge in [-0.1, -0.05) is 18.9 Å². The predicted molar refractivity (Wildman–Crippen MR) is 82.1 cm³/mol. The number of benzene rings is 1. The van der Waals surface area contributed by atoms with Crippen LogP contribution in [0.2, 0.25) is 0 Å². The SMILES string of the molecule is C=CCCCCCCc1cc(C(=O)O)cc(C(=O)O)c1C. The van der Waals surface area contributed by atoms with Gasteiger partial charge in [-0.3, -0.25) is 0 Å². The summed E-state index contributed by atoms with van der Waals surface area (Å²) in [5, 5.41) is 18.2. The zero-order valence-electron chi connectivity index (χ0n) is 12.4. The van der Waals surface area contributed by atoms with E-state index in [1.807, 2.05) is 6.08 Å². The van der Waals surface area contributed by atoms with E-state index in [4.69, 9.17) is 10.2 Å². The van der Waals surface area contributed by atoms with Crippen LogP contribution in [0.1, 0.15) is 63.9 Å². The number of rotatable bonds is 9. The van der Waals surface area contributed by atoms with Crippen LogP contribution in [0.25, 0.3) is 0 Å². The highest BCUT2D eigenvalue weighted by Crippen LogP contribution is 2.20. The van der Waals surface area contributed by atoms with E-state index >= 15 is 0 Å². The number of unbranched alkanes of at least 4 members (excludes halogenated alkanes) is 4. The van der Waals surface area contributed by atoms with Gasteiger partial charge < -0.3 is 10.2 Å². The van der Waals surface area contributed by atoms with Crippen molar-refractivity contribution in [2.75, 3.05) is 0 Å². The highest BCUT2D eigenvalue weighted by Gasteiger charge is 2.15. The molecular weight excluding hydrogens is 268 g/mol. The Hall–Kier alpha value is -2.10. The van der Waals surface area contributed by atoms with Gasteiger partial charge in [-0.2, -0.15) is 0 Å². The quantitative estimate of drug-likeness (QED) is 0.531. The lowest BCUT2D eigenvalue weighted by molar-refractivity contribution is 0.0695. The van der Waals surface area contributed by atoms with E-state index in [2.05, 4.69) is 6.58 Å². The third kappa shape index (κ3) is 5.06. The molecule has 21 heavy (non-hydrogen) atoms. The molecule has 0 radical (unpaired) electrons. The van der Waals surface area contributed by atoms with Crippen LogP contribution in [0.3, 0.4) is 0 Å². The van der Waals surface area contributed by atoms with E-state index in [0.29, 0.717) is 12.0 Å². The van der Waals surface area contributed by atoms with Crippen LogP contribution in [0, 0.1) is 6.92 Å². The van der Waals surface area contributed by atoms with E-state index < -0.39 is 11.9 Å².